The predicted octanol–water partition coefficient (Wildman–Crippen LogP) is 5.46. The molecule has 2 heterocycles. The normalized spacial score (nSPS) is 17.9. The van der Waals surface area contributed by atoms with Gasteiger partial charge in [0.05, 0.1) is 18.3 Å². The summed E-state index contributed by atoms with van der Waals surface area (Å²) in [6.07, 6.45) is 6.68. The lowest BCUT2D eigenvalue weighted by atomic mass is 9.90. The van der Waals surface area contributed by atoms with Crippen LogP contribution in [0.2, 0.25) is 0 Å². The number of para-hydroxylation sites is 1. The van der Waals surface area contributed by atoms with Gasteiger partial charge in [0.1, 0.15) is 0 Å². The number of urea groups is 1. The molecule has 142 valence electrons. The average molecular weight is 371 g/mol. The summed E-state index contributed by atoms with van der Waals surface area (Å²) >= 11 is 0. The maximum atomic E-state index is 13.4. The summed E-state index contributed by atoms with van der Waals surface area (Å²) in [6, 6.07) is 18.8. The van der Waals surface area contributed by atoms with Gasteiger partial charge in [-0.05, 0) is 73.6 Å². The Morgan fingerprint density at radius 3 is 2.71 bits per heavy atom. The van der Waals surface area contributed by atoms with Crippen molar-refractivity contribution in [3.05, 3.63) is 83.2 Å². The fourth-order valence-electron chi connectivity index (χ4n) is 4.65. The van der Waals surface area contributed by atoms with E-state index in [2.05, 4.69) is 65.5 Å². The number of carbonyl (C=O) groups is 1. The summed E-state index contributed by atoms with van der Waals surface area (Å²) in [4.78, 5) is 15.3. The van der Waals surface area contributed by atoms with E-state index in [4.69, 9.17) is 0 Å². The second-order valence-corrected chi connectivity index (χ2v) is 7.82. The molecule has 0 spiro atoms. The van der Waals surface area contributed by atoms with Crippen molar-refractivity contribution in [2.75, 3.05) is 5.32 Å². The van der Waals surface area contributed by atoms with E-state index < -0.39 is 0 Å². The zero-order chi connectivity index (χ0) is 19.1. The Hall–Kier alpha value is -3.01. The van der Waals surface area contributed by atoms with Crippen LogP contribution in [0, 0.1) is 0 Å². The molecule has 4 heteroatoms. The predicted molar refractivity (Wildman–Crippen MR) is 112 cm³/mol. The third kappa shape index (κ3) is 2.80. The molecule has 2 aromatic carbocycles. The van der Waals surface area contributed by atoms with E-state index in [1.54, 1.807) is 0 Å². The summed E-state index contributed by atoms with van der Waals surface area (Å²) in [7, 11) is 0. The number of nitrogens with one attached hydrogen (secondary N) is 1. The van der Waals surface area contributed by atoms with Gasteiger partial charge in [0.25, 0.3) is 0 Å². The number of hydrogen-bond acceptors (Lipinski definition) is 1. The number of rotatable bonds is 1. The molecule has 3 aromatic rings. The van der Waals surface area contributed by atoms with Crippen molar-refractivity contribution in [2.24, 2.45) is 0 Å². The van der Waals surface area contributed by atoms with Gasteiger partial charge in [0, 0.05) is 17.6 Å². The Kier molecular flexibility index (Phi) is 4.19. The molecule has 1 unspecified atom stereocenters. The van der Waals surface area contributed by atoms with Gasteiger partial charge in [-0.3, -0.25) is 0 Å². The smallest absolute Gasteiger partial charge is 0.318 e. The highest BCUT2D eigenvalue weighted by atomic mass is 16.2. The minimum Gasteiger partial charge on any atom is -0.318 e. The van der Waals surface area contributed by atoms with E-state index in [1.807, 2.05) is 17.0 Å². The summed E-state index contributed by atoms with van der Waals surface area (Å²) in [5.41, 5.74) is 7.12. The van der Waals surface area contributed by atoms with Crippen LogP contribution < -0.4 is 5.32 Å². The van der Waals surface area contributed by atoms with Crippen LogP contribution in [0.5, 0.6) is 0 Å². The van der Waals surface area contributed by atoms with E-state index in [9.17, 15) is 4.79 Å². The van der Waals surface area contributed by atoms with Crippen LogP contribution in [-0.4, -0.2) is 15.5 Å². The second kappa shape index (κ2) is 6.86. The van der Waals surface area contributed by atoms with E-state index in [-0.39, 0.29) is 12.1 Å². The first-order chi connectivity index (χ1) is 13.7. The number of aryl methyl sites for hydroxylation is 1. The van der Waals surface area contributed by atoms with Crippen LogP contribution in [0.1, 0.15) is 48.2 Å². The Bertz CT molecular complexity index is 1040. The third-order valence-electron chi connectivity index (χ3n) is 6.17. The number of amides is 2. The standard InChI is InChI=1S/C24H25N3O/c1-17-22-14-7-15-26(22)23-13-5-3-9-19(23)16-27(17)24(28)25-21-12-6-10-18-8-2-4-11-20(18)21/h3,5-7,9-10,12-15,17H,2,4,8,11,16H2,1H3,(H,25,28). The van der Waals surface area contributed by atoms with Gasteiger partial charge in [-0.25, -0.2) is 4.79 Å². The van der Waals surface area contributed by atoms with Crippen LogP contribution in [0.3, 0.4) is 0 Å². The molecule has 2 aliphatic rings. The van der Waals surface area contributed by atoms with Crippen molar-refractivity contribution < 1.29 is 4.79 Å². The Balaban J connectivity index is 1.49. The van der Waals surface area contributed by atoms with Crippen LogP contribution in [-0.2, 0) is 19.4 Å². The van der Waals surface area contributed by atoms with Crippen molar-refractivity contribution >= 4 is 11.7 Å². The van der Waals surface area contributed by atoms with Gasteiger partial charge in [0.2, 0.25) is 0 Å². The number of fused-ring (bicyclic) bond motifs is 4. The molecule has 0 saturated carbocycles. The first kappa shape index (κ1) is 17.1. The number of nitrogens with zero attached hydrogens (tertiary/aromatic N) is 2. The van der Waals surface area contributed by atoms with E-state index in [1.165, 1.54) is 24.0 Å². The molecule has 1 aromatic heterocycles. The van der Waals surface area contributed by atoms with Gasteiger partial charge in [0.15, 0.2) is 0 Å². The van der Waals surface area contributed by atoms with Crippen LogP contribution in [0.15, 0.2) is 60.8 Å². The van der Waals surface area contributed by atoms with E-state index in [0.717, 1.165) is 35.5 Å². The molecule has 0 saturated heterocycles. The van der Waals surface area contributed by atoms with Crippen molar-refractivity contribution in [1.29, 1.82) is 0 Å². The molecule has 0 radical (unpaired) electrons. The zero-order valence-corrected chi connectivity index (χ0v) is 16.2. The highest BCUT2D eigenvalue weighted by Gasteiger charge is 2.29. The molecule has 0 fully saturated rings. The molecule has 28 heavy (non-hydrogen) atoms. The molecule has 1 aliphatic carbocycles. The highest BCUT2D eigenvalue weighted by molar-refractivity contribution is 5.91. The van der Waals surface area contributed by atoms with Crippen molar-refractivity contribution in [3.63, 3.8) is 0 Å². The fraction of sp³-hybridized carbons (Fsp3) is 0.292. The van der Waals surface area contributed by atoms with Crippen LogP contribution >= 0.6 is 0 Å². The van der Waals surface area contributed by atoms with E-state index in [0.29, 0.717) is 6.54 Å². The monoisotopic (exact) mass is 371 g/mol. The molecular formula is C24H25N3O. The lowest BCUT2D eigenvalue weighted by Crippen LogP contribution is -2.36. The fourth-order valence-corrected chi connectivity index (χ4v) is 4.65. The molecule has 0 bridgehead atoms. The van der Waals surface area contributed by atoms with Crippen molar-refractivity contribution in [1.82, 2.24) is 9.47 Å². The van der Waals surface area contributed by atoms with Gasteiger partial charge in [-0.15, -0.1) is 0 Å². The summed E-state index contributed by atoms with van der Waals surface area (Å²) < 4.78 is 2.21. The maximum absolute atomic E-state index is 13.4. The van der Waals surface area contributed by atoms with Crippen LogP contribution in [0.25, 0.3) is 5.69 Å². The first-order valence-corrected chi connectivity index (χ1v) is 10.2. The molecule has 4 nitrogen and oxygen atoms in total. The van der Waals surface area contributed by atoms with Crippen LogP contribution in [0.4, 0.5) is 10.5 Å². The Morgan fingerprint density at radius 2 is 1.79 bits per heavy atom. The molecule has 1 atom stereocenters. The highest BCUT2D eigenvalue weighted by Crippen LogP contribution is 2.33. The molecule has 1 N–H and O–H groups in total. The lowest BCUT2D eigenvalue weighted by Gasteiger charge is -2.29. The number of anilines is 1. The van der Waals surface area contributed by atoms with Crippen molar-refractivity contribution in [2.45, 2.75) is 45.2 Å². The Labute approximate surface area is 165 Å². The minimum atomic E-state index is -0.0315. The van der Waals surface area contributed by atoms with Crippen molar-refractivity contribution in [3.8, 4) is 5.69 Å². The zero-order valence-electron chi connectivity index (χ0n) is 16.2. The third-order valence-corrected chi connectivity index (χ3v) is 6.17. The molecule has 2 amide bonds. The first-order valence-electron chi connectivity index (χ1n) is 10.2. The number of aromatic nitrogens is 1. The number of hydrogen-bond donors (Lipinski definition) is 1. The second-order valence-electron chi connectivity index (χ2n) is 7.82. The SMILES string of the molecule is CC1c2cccn2-c2ccccc2CN1C(=O)Nc1cccc2c1CCCC2. The summed E-state index contributed by atoms with van der Waals surface area (Å²) in [6.45, 7) is 2.71. The largest absolute Gasteiger partial charge is 0.322 e. The van der Waals surface area contributed by atoms with Gasteiger partial charge in [-0.2, -0.15) is 0 Å². The number of carbonyl (C=O) groups excluding carboxylic acids is 1. The summed E-state index contributed by atoms with van der Waals surface area (Å²) in [5, 5.41) is 3.23. The van der Waals surface area contributed by atoms with Gasteiger partial charge < -0.3 is 14.8 Å². The quantitative estimate of drug-likeness (QED) is 0.605. The summed E-state index contributed by atoms with van der Waals surface area (Å²) in [5.74, 6) is 0. The average Bonchev–Trinajstić information content (AvgIpc) is 3.18. The van der Waals surface area contributed by atoms with Gasteiger partial charge >= 0.3 is 6.03 Å². The molecule has 5 rings (SSSR count). The Morgan fingerprint density at radius 1 is 0.964 bits per heavy atom. The minimum absolute atomic E-state index is 0.0121. The topological polar surface area (TPSA) is 37.3 Å². The van der Waals surface area contributed by atoms with E-state index >= 15 is 0 Å². The lowest BCUT2D eigenvalue weighted by molar-refractivity contribution is 0.189. The number of benzene rings is 2. The molecule has 1 aliphatic heterocycles. The molecular weight excluding hydrogens is 346 g/mol. The maximum Gasteiger partial charge on any atom is 0.322 e. The van der Waals surface area contributed by atoms with Gasteiger partial charge in [-0.1, -0.05) is 30.3 Å².